The third-order valence-corrected chi connectivity index (χ3v) is 3.64. The molecule has 0 aliphatic carbocycles. The second kappa shape index (κ2) is 6.10. The summed E-state index contributed by atoms with van der Waals surface area (Å²) in [6, 6.07) is 7.20. The average molecular weight is 268 g/mol. The maximum absolute atomic E-state index is 11.9. The van der Waals surface area contributed by atoms with Crippen LogP contribution in [0, 0.1) is 5.92 Å². The van der Waals surface area contributed by atoms with E-state index in [4.69, 9.17) is 16.3 Å². The number of rotatable bonds is 3. The minimum absolute atomic E-state index is 0.0434. The van der Waals surface area contributed by atoms with E-state index in [0.717, 1.165) is 31.8 Å². The van der Waals surface area contributed by atoms with Crippen molar-refractivity contribution in [1.29, 1.82) is 0 Å². The minimum atomic E-state index is 0.0434. The Morgan fingerprint density at radius 2 is 2.06 bits per heavy atom. The number of hydrogen-bond acceptors (Lipinski definition) is 2. The zero-order valence-corrected chi connectivity index (χ0v) is 11.3. The van der Waals surface area contributed by atoms with E-state index in [1.54, 1.807) is 12.1 Å². The fourth-order valence-corrected chi connectivity index (χ4v) is 2.24. The molecule has 1 aromatic carbocycles. The lowest BCUT2D eigenvalue weighted by Crippen LogP contribution is -2.40. The second-order valence-corrected chi connectivity index (χ2v) is 5.19. The maximum Gasteiger partial charge on any atom is 0.260 e. The van der Waals surface area contributed by atoms with Crippen LogP contribution in [0.3, 0.4) is 0 Å². The monoisotopic (exact) mass is 267 g/mol. The van der Waals surface area contributed by atoms with Gasteiger partial charge in [-0.3, -0.25) is 4.79 Å². The molecule has 1 amide bonds. The summed E-state index contributed by atoms with van der Waals surface area (Å²) in [4.78, 5) is 13.8. The fraction of sp³-hybridized carbons (Fsp3) is 0.500. The van der Waals surface area contributed by atoms with Crippen molar-refractivity contribution in [3.05, 3.63) is 29.3 Å². The van der Waals surface area contributed by atoms with Crippen LogP contribution in [-0.4, -0.2) is 30.5 Å². The van der Waals surface area contributed by atoms with E-state index in [9.17, 15) is 4.79 Å². The van der Waals surface area contributed by atoms with Crippen LogP contribution in [0.4, 0.5) is 0 Å². The highest BCUT2D eigenvalue weighted by Gasteiger charge is 2.20. The van der Waals surface area contributed by atoms with Crippen LogP contribution < -0.4 is 4.74 Å². The van der Waals surface area contributed by atoms with Crippen LogP contribution in [0.25, 0.3) is 0 Å². The molecule has 2 rings (SSSR count). The molecular formula is C14H18ClNO2. The van der Waals surface area contributed by atoms with Crippen LogP contribution >= 0.6 is 11.6 Å². The quantitative estimate of drug-likeness (QED) is 0.843. The lowest BCUT2D eigenvalue weighted by atomic mass is 9.99. The Bertz CT molecular complexity index is 414. The van der Waals surface area contributed by atoms with Gasteiger partial charge >= 0.3 is 0 Å². The van der Waals surface area contributed by atoms with Gasteiger partial charge in [-0.1, -0.05) is 30.7 Å². The Morgan fingerprint density at radius 3 is 2.72 bits per heavy atom. The number of piperidine rings is 1. The second-order valence-electron chi connectivity index (χ2n) is 4.78. The maximum atomic E-state index is 11.9. The predicted octanol–water partition coefficient (Wildman–Crippen LogP) is 2.98. The van der Waals surface area contributed by atoms with Gasteiger partial charge in [-0.2, -0.15) is 0 Å². The third-order valence-electron chi connectivity index (χ3n) is 3.32. The third kappa shape index (κ3) is 3.39. The van der Waals surface area contributed by atoms with E-state index in [1.807, 2.05) is 17.0 Å². The Balaban J connectivity index is 1.83. The van der Waals surface area contributed by atoms with Gasteiger partial charge in [0.05, 0.1) is 5.02 Å². The lowest BCUT2D eigenvalue weighted by molar-refractivity contribution is -0.134. The molecule has 4 heteroatoms. The molecule has 0 saturated carbocycles. The molecule has 0 radical (unpaired) electrons. The van der Waals surface area contributed by atoms with E-state index >= 15 is 0 Å². The average Bonchev–Trinajstić information content (AvgIpc) is 2.38. The number of para-hydroxylation sites is 1. The molecule has 0 N–H and O–H groups in total. The van der Waals surface area contributed by atoms with Crippen molar-refractivity contribution >= 4 is 17.5 Å². The summed E-state index contributed by atoms with van der Waals surface area (Å²) in [7, 11) is 0. The van der Waals surface area contributed by atoms with Crippen molar-refractivity contribution < 1.29 is 9.53 Å². The molecule has 1 aliphatic rings. The largest absolute Gasteiger partial charge is 0.482 e. The lowest BCUT2D eigenvalue weighted by Gasteiger charge is -2.30. The molecule has 0 aromatic heterocycles. The van der Waals surface area contributed by atoms with Gasteiger partial charge in [0.2, 0.25) is 0 Å². The van der Waals surface area contributed by atoms with Crippen molar-refractivity contribution in [2.24, 2.45) is 5.92 Å². The molecule has 1 heterocycles. The number of hydrogen-bond donors (Lipinski definition) is 0. The molecule has 1 aliphatic heterocycles. The number of carbonyl (C=O) groups is 1. The molecule has 3 nitrogen and oxygen atoms in total. The van der Waals surface area contributed by atoms with Gasteiger partial charge in [-0.05, 0) is 30.9 Å². The van der Waals surface area contributed by atoms with Crippen LogP contribution in [0.15, 0.2) is 24.3 Å². The number of nitrogens with zero attached hydrogens (tertiary/aromatic N) is 1. The van der Waals surface area contributed by atoms with Gasteiger partial charge in [0.1, 0.15) is 5.75 Å². The first kappa shape index (κ1) is 13.2. The molecule has 0 unspecified atom stereocenters. The van der Waals surface area contributed by atoms with Crippen LogP contribution in [0.2, 0.25) is 5.02 Å². The van der Waals surface area contributed by atoms with Crippen LogP contribution in [0.5, 0.6) is 5.75 Å². The highest BCUT2D eigenvalue weighted by Crippen LogP contribution is 2.23. The fourth-order valence-electron chi connectivity index (χ4n) is 2.05. The summed E-state index contributed by atoms with van der Waals surface area (Å²) in [5.74, 6) is 1.33. The summed E-state index contributed by atoms with van der Waals surface area (Å²) < 4.78 is 5.46. The van der Waals surface area contributed by atoms with Crippen molar-refractivity contribution in [3.63, 3.8) is 0 Å². The molecule has 0 atom stereocenters. The van der Waals surface area contributed by atoms with Gasteiger partial charge in [0.25, 0.3) is 5.91 Å². The summed E-state index contributed by atoms with van der Waals surface area (Å²) in [6.07, 6.45) is 2.16. The highest BCUT2D eigenvalue weighted by molar-refractivity contribution is 6.32. The number of ether oxygens (including phenoxy) is 1. The number of carbonyl (C=O) groups excluding carboxylic acids is 1. The predicted molar refractivity (Wildman–Crippen MR) is 71.9 cm³/mol. The molecular weight excluding hydrogens is 250 g/mol. The summed E-state index contributed by atoms with van der Waals surface area (Å²) in [5.41, 5.74) is 0. The Kier molecular flexibility index (Phi) is 4.48. The van der Waals surface area contributed by atoms with Gasteiger partial charge < -0.3 is 9.64 Å². The van der Waals surface area contributed by atoms with Crippen molar-refractivity contribution in [2.75, 3.05) is 19.7 Å². The van der Waals surface area contributed by atoms with Crippen molar-refractivity contribution in [1.82, 2.24) is 4.90 Å². The molecule has 1 saturated heterocycles. The number of amides is 1. The zero-order valence-electron chi connectivity index (χ0n) is 10.6. The molecule has 98 valence electrons. The molecule has 18 heavy (non-hydrogen) atoms. The Morgan fingerprint density at radius 1 is 1.39 bits per heavy atom. The molecule has 0 spiro atoms. The van der Waals surface area contributed by atoms with Crippen LogP contribution in [-0.2, 0) is 4.79 Å². The first-order valence-corrected chi connectivity index (χ1v) is 6.69. The summed E-state index contributed by atoms with van der Waals surface area (Å²) >= 11 is 5.96. The smallest absolute Gasteiger partial charge is 0.260 e. The molecule has 1 aromatic rings. The first-order valence-electron chi connectivity index (χ1n) is 6.32. The van der Waals surface area contributed by atoms with E-state index < -0.39 is 0 Å². The SMILES string of the molecule is CC1CCN(C(=O)COc2ccccc2Cl)CC1. The Hall–Kier alpha value is -1.22. The normalized spacial score (nSPS) is 16.7. The topological polar surface area (TPSA) is 29.5 Å². The van der Waals surface area contributed by atoms with E-state index in [1.165, 1.54) is 0 Å². The standard InChI is InChI=1S/C14H18ClNO2/c1-11-6-8-16(9-7-11)14(17)10-18-13-5-3-2-4-12(13)15/h2-5,11H,6-10H2,1H3. The molecule has 0 bridgehead atoms. The van der Waals surface area contributed by atoms with Crippen LogP contribution in [0.1, 0.15) is 19.8 Å². The summed E-state index contributed by atoms with van der Waals surface area (Å²) in [6.45, 7) is 3.97. The van der Waals surface area contributed by atoms with Gasteiger partial charge in [0, 0.05) is 13.1 Å². The number of likely N-dealkylation sites (tertiary alicyclic amines) is 1. The van der Waals surface area contributed by atoms with Crippen molar-refractivity contribution in [2.45, 2.75) is 19.8 Å². The van der Waals surface area contributed by atoms with Gasteiger partial charge in [-0.25, -0.2) is 0 Å². The first-order chi connectivity index (χ1) is 8.66. The molecule has 1 fully saturated rings. The highest BCUT2D eigenvalue weighted by atomic mass is 35.5. The van der Waals surface area contributed by atoms with E-state index in [2.05, 4.69) is 6.92 Å². The Labute approximate surface area is 113 Å². The summed E-state index contributed by atoms with van der Waals surface area (Å²) in [5, 5.41) is 0.539. The number of benzene rings is 1. The van der Waals surface area contributed by atoms with Gasteiger partial charge in [0.15, 0.2) is 6.61 Å². The van der Waals surface area contributed by atoms with Gasteiger partial charge in [-0.15, -0.1) is 0 Å². The number of halogens is 1. The minimum Gasteiger partial charge on any atom is -0.482 e. The van der Waals surface area contributed by atoms with E-state index in [0.29, 0.717) is 10.8 Å². The van der Waals surface area contributed by atoms with Crippen molar-refractivity contribution in [3.8, 4) is 5.75 Å². The van der Waals surface area contributed by atoms with E-state index in [-0.39, 0.29) is 12.5 Å². The zero-order chi connectivity index (χ0) is 13.0.